The highest BCUT2D eigenvalue weighted by atomic mass is 16.5. The lowest BCUT2D eigenvalue weighted by atomic mass is 9.97. The van der Waals surface area contributed by atoms with Gasteiger partial charge in [0, 0.05) is 11.3 Å². The van der Waals surface area contributed by atoms with Crippen molar-refractivity contribution in [1.29, 1.82) is 0 Å². The molecule has 1 heterocycles. The van der Waals surface area contributed by atoms with Gasteiger partial charge in [-0.15, -0.1) is 0 Å². The fourth-order valence-electron chi connectivity index (χ4n) is 5.14. The summed E-state index contributed by atoms with van der Waals surface area (Å²) in [5.41, 5.74) is 5.17. The Labute approximate surface area is 223 Å². The zero-order valence-corrected chi connectivity index (χ0v) is 22.0. The SMILES string of the molecule is CNC(C)C(=O)NC1CCc2ccccc2N(Cc2c(OC)ccc3cc(-c4ccccc4)ccc23)C1=O. The third kappa shape index (κ3) is 5.00. The number of nitrogens with one attached hydrogen (secondary N) is 2. The van der Waals surface area contributed by atoms with Crippen molar-refractivity contribution in [3.8, 4) is 16.9 Å². The largest absolute Gasteiger partial charge is 0.496 e. The summed E-state index contributed by atoms with van der Waals surface area (Å²) in [6, 6.07) is 27.7. The number of para-hydroxylation sites is 1. The lowest BCUT2D eigenvalue weighted by Gasteiger charge is -2.28. The molecular weight excluding hydrogens is 474 g/mol. The minimum Gasteiger partial charge on any atom is -0.496 e. The van der Waals surface area contributed by atoms with Crippen LogP contribution in [0.2, 0.25) is 0 Å². The van der Waals surface area contributed by atoms with Gasteiger partial charge in [0.05, 0.1) is 19.7 Å². The van der Waals surface area contributed by atoms with Crippen molar-refractivity contribution in [2.24, 2.45) is 0 Å². The molecule has 6 heteroatoms. The monoisotopic (exact) mass is 507 g/mol. The fourth-order valence-corrected chi connectivity index (χ4v) is 5.14. The van der Waals surface area contributed by atoms with E-state index in [0.29, 0.717) is 19.4 Å². The molecule has 4 aromatic carbocycles. The standard InChI is InChI=1S/C32H33N3O3/c1-21(33-2)31(36)34-28-17-14-23-11-7-8-12-29(23)35(32(28)37)20-27-26-16-13-24(22-9-5-4-6-10-22)19-25(26)15-18-30(27)38-3/h4-13,15-16,18-19,21,28,33H,14,17,20H2,1-3H3,(H,34,36). The summed E-state index contributed by atoms with van der Waals surface area (Å²) in [5, 5.41) is 8.03. The maximum Gasteiger partial charge on any atom is 0.249 e. The van der Waals surface area contributed by atoms with E-state index in [0.717, 1.165) is 44.5 Å². The van der Waals surface area contributed by atoms with Gasteiger partial charge in [0.25, 0.3) is 0 Å². The van der Waals surface area contributed by atoms with Crippen LogP contribution in [0.1, 0.15) is 24.5 Å². The Bertz CT molecular complexity index is 1470. The van der Waals surface area contributed by atoms with E-state index in [4.69, 9.17) is 4.74 Å². The maximum atomic E-state index is 14.0. The highest BCUT2D eigenvalue weighted by Gasteiger charge is 2.33. The van der Waals surface area contributed by atoms with E-state index in [-0.39, 0.29) is 17.9 Å². The molecule has 0 saturated carbocycles. The molecule has 0 spiro atoms. The van der Waals surface area contributed by atoms with Gasteiger partial charge in [-0.2, -0.15) is 0 Å². The molecule has 38 heavy (non-hydrogen) atoms. The summed E-state index contributed by atoms with van der Waals surface area (Å²) in [5.74, 6) is 0.420. The summed E-state index contributed by atoms with van der Waals surface area (Å²) in [7, 11) is 3.39. The van der Waals surface area contributed by atoms with Gasteiger partial charge in [-0.3, -0.25) is 9.59 Å². The highest BCUT2D eigenvalue weighted by molar-refractivity contribution is 6.02. The number of anilines is 1. The van der Waals surface area contributed by atoms with Crippen molar-refractivity contribution in [1.82, 2.24) is 10.6 Å². The molecule has 1 aliphatic rings. The smallest absolute Gasteiger partial charge is 0.249 e. The first-order valence-corrected chi connectivity index (χ1v) is 13.0. The first-order valence-electron chi connectivity index (χ1n) is 13.0. The van der Waals surface area contributed by atoms with Crippen LogP contribution in [0.3, 0.4) is 0 Å². The van der Waals surface area contributed by atoms with Gasteiger partial charge in [0.2, 0.25) is 11.8 Å². The van der Waals surface area contributed by atoms with Crippen molar-refractivity contribution in [3.63, 3.8) is 0 Å². The highest BCUT2D eigenvalue weighted by Crippen LogP contribution is 2.35. The van der Waals surface area contributed by atoms with Gasteiger partial charge in [-0.25, -0.2) is 0 Å². The third-order valence-corrected chi connectivity index (χ3v) is 7.42. The van der Waals surface area contributed by atoms with E-state index in [2.05, 4.69) is 53.1 Å². The van der Waals surface area contributed by atoms with Crippen molar-refractivity contribution >= 4 is 28.3 Å². The molecule has 2 unspecified atom stereocenters. The molecule has 0 radical (unpaired) electrons. The van der Waals surface area contributed by atoms with Crippen LogP contribution in [0.5, 0.6) is 5.75 Å². The maximum absolute atomic E-state index is 14.0. The Morgan fingerprint density at radius 3 is 2.53 bits per heavy atom. The summed E-state index contributed by atoms with van der Waals surface area (Å²) in [6.45, 7) is 2.11. The number of amides is 2. The predicted octanol–water partition coefficient (Wildman–Crippen LogP) is 5.09. The molecule has 0 aliphatic carbocycles. The third-order valence-electron chi connectivity index (χ3n) is 7.42. The van der Waals surface area contributed by atoms with Crippen LogP contribution < -0.4 is 20.3 Å². The Hall–Kier alpha value is -4.16. The van der Waals surface area contributed by atoms with Gasteiger partial charge in [0.15, 0.2) is 0 Å². The Morgan fingerprint density at radius 2 is 1.76 bits per heavy atom. The van der Waals surface area contributed by atoms with E-state index in [9.17, 15) is 9.59 Å². The van der Waals surface area contributed by atoms with Crippen molar-refractivity contribution < 1.29 is 14.3 Å². The van der Waals surface area contributed by atoms with Gasteiger partial charge < -0.3 is 20.3 Å². The number of likely N-dealkylation sites (N-methyl/N-ethyl adjacent to an activating group) is 1. The molecule has 0 bridgehead atoms. The molecule has 2 atom stereocenters. The second-order valence-electron chi connectivity index (χ2n) is 9.71. The number of fused-ring (bicyclic) bond motifs is 2. The number of carbonyl (C=O) groups is 2. The van der Waals surface area contributed by atoms with Crippen LogP contribution in [0.15, 0.2) is 84.9 Å². The number of ether oxygens (including phenoxy) is 1. The van der Waals surface area contributed by atoms with Crippen LogP contribution in [-0.4, -0.2) is 38.1 Å². The van der Waals surface area contributed by atoms with Crippen LogP contribution in [0, 0.1) is 0 Å². The van der Waals surface area contributed by atoms with Gasteiger partial charge in [0.1, 0.15) is 11.8 Å². The number of hydrogen-bond acceptors (Lipinski definition) is 4. The minimum atomic E-state index is -0.614. The van der Waals surface area contributed by atoms with E-state index in [1.807, 2.05) is 42.5 Å². The normalized spacial score (nSPS) is 16.0. The number of benzene rings is 4. The van der Waals surface area contributed by atoms with Crippen molar-refractivity contribution in [3.05, 3.63) is 96.1 Å². The Balaban J connectivity index is 1.56. The number of carbonyl (C=O) groups excluding carboxylic acids is 2. The zero-order chi connectivity index (χ0) is 26.6. The molecular formula is C32H33N3O3. The van der Waals surface area contributed by atoms with Crippen LogP contribution >= 0.6 is 0 Å². The summed E-state index contributed by atoms with van der Waals surface area (Å²) in [6.07, 6.45) is 1.24. The number of hydrogen-bond donors (Lipinski definition) is 2. The molecule has 6 nitrogen and oxygen atoms in total. The molecule has 4 aromatic rings. The van der Waals surface area contributed by atoms with Crippen LogP contribution in [0.25, 0.3) is 21.9 Å². The minimum absolute atomic E-state index is 0.119. The van der Waals surface area contributed by atoms with E-state index >= 15 is 0 Å². The topological polar surface area (TPSA) is 70.7 Å². The predicted molar refractivity (Wildman–Crippen MR) is 152 cm³/mol. The van der Waals surface area contributed by atoms with Crippen molar-refractivity contribution in [2.75, 3.05) is 19.1 Å². The molecule has 0 fully saturated rings. The van der Waals surface area contributed by atoms with E-state index in [1.165, 1.54) is 0 Å². The molecule has 194 valence electrons. The van der Waals surface area contributed by atoms with E-state index < -0.39 is 6.04 Å². The van der Waals surface area contributed by atoms with Crippen LogP contribution in [-0.2, 0) is 22.6 Å². The molecule has 0 aromatic heterocycles. The lowest BCUT2D eigenvalue weighted by molar-refractivity contribution is -0.128. The Morgan fingerprint density at radius 1 is 1.00 bits per heavy atom. The molecule has 1 aliphatic heterocycles. The second kappa shape index (κ2) is 11.1. The number of methoxy groups -OCH3 is 1. The van der Waals surface area contributed by atoms with Gasteiger partial charge >= 0.3 is 0 Å². The average molecular weight is 508 g/mol. The number of aryl methyl sites for hydroxylation is 1. The second-order valence-corrected chi connectivity index (χ2v) is 9.71. The number of rotatable bonds is 7. The van der Waals surface area contributed by atoms with Crippen molar-refractivity contribution in [2.45, 2.75) is 38.4 Å². The zero-order valence-electron chi connectivity index (χ0n) is 22.0. The molecule has 2 N–H and O–H groups in total. The summed E-state index contributed by atoms with van der Waals surface area (Å²) < 4.78 is 5.79. The quantitative estimate of drug-likeness (QED) is 0.366. The van der Waals surface area contributed by atoms with Gasteiger partial charge in [-0.1, -0.05) is 66.7 Å². The molecule has 0 saturated heterocycles. The first-order chi connectivity index (χ1) is 18.5. The van der Waals surface area contributed by atoms with Crippen LogP contribution in [0.4, 0.5) is 5.69 Å². The molecule has 2 amide bonds. The van der Waals surface area contributed by atoms with Gasteiger partial charge in [-0.05, 0) is 72.5 Å². The summed E-state index contributed by atoms with van der Waals surface area (Å²) in [4.78, 5) is 28.5. The first kappa shape index (κ1) is 25.5. The average Bonchev–Trinajstić information content (AvgIpc) is 3.09. The number of nitrogens with zero attached hydrogens (tertiary/aromatic N) is 1. The van der Waals surface area contributed by atoms with E-state index in [1.54, 1.807) is 26.0 Å². The summed E-state index contributed by atoms with van der Waals surface area (Å²) >= 11 is 0. The Kier molecular flexibility index (Phi) is 7.43. The molecule has 5 rings (SSSR count). The fraction of sp³-hybridized carbons (Fsp3) is 0.250. The lowest BCUT2D eigenvalue weighted by Crippen LogP contribution is -2.52.